The van der Waals surface area contributed by atoms with Crippen molar-refractivity contribution < 1.29 is 14.7 Å². The Morgan fingerprint density at radius 1 is 1.00 bits per heavy atom. The quantitative estimate of drug-likeness (QED) is 0.742. The van der Waals surface area contributed by atoms with Gasteiger partial charge in [-0.3, -0.25) is 0 Å². The van der Waals surface area contributed by atoms with E-state index in [0.717, 1.165) is 22.3 Å². The van der Waals surface area contributed by atoms with Crippen LogP contribution < -0.4 is 0 Å². The van der Waals surface area contributed by atoms with Gasteiger partial charge in [0, 0.05) is 11.1 Å². The van der Waals surface area contributed by atoms with Crippen LogP contribution in [0.3, 0.4) is 0 Å². The zero-order valence-corrected chi connectivity index (χ0v) is 10.9. The van der Waals surface area contributed by atoms with Crippen LogP contribution in [0.25, 0.3) is 11.1 Å². The van der Waals surface area contributed by atoms with Crippen molar-refractivity contribution in [2.75, 3.05) is 0 Å². The van der Waals surface area contributed by atoms with Crippen LogP contribution >= 0.6 is 0 Å². The Balaban J connectivity index is 2.07. The lowest BCUT2D eigenvalue weighted by Gasteiger charge is -2.06. The summed E-state index contributed by atoms with van der Waals surface area (Å²) in [5.41, 5.74) is 4.80. The van der Waals surface area contributed by atoms with Crippen molar-refractivity contribution in [2.45, 2.75) is 13.0 Å². The van der Waals surface area contributed by atoms with Gasteiger partial charge in [0.25, 0.3) is 0 Å². The van der Waals surface area contributed by atoms with E-state index >= 15 is 0 Å². The van der Waals surface area contributed by atoms with Gasteiger partial charge >= 0.3 is 5.97 Å². The van der Waals surface area contributed by atoms with E-state index in [4.69, 9.17) is 9.94 Å². The van der Waals surface area contributed by atoms with E-state index in [1.807, 2.05) is 48.5 Å². The number of carbonyl (C=O) groups is 1. The second kappa shape index (κ2) is 4.81. The van der Waals surface area contributed by atoms with Crippen molar-refractivity contribution in [2.24, 2.45) is 5.16 Å². The van der Waals surface area contributed by atoms with E-state index in [0.29, 0.717) is 5.71 Å². The molecule has 2 aromatic carbocycles. The van der Waals surface area contributed by atoms with E-state index in [1.165, 1.54) is 6.92 Å². The Labute approximate surface area is 116 Å². The van der Waals surface area contributed by atoms with Crippen LogP contribution in [0.5, 0.6) is 0 Å². The molecule has 0 aromatic heterocycles. The highest BCUT2D eigenvalue weighted by atomic mass is 16.6. The molecule has 20 heavy (non-hydrogen) atoms. The van der Waals surface area contributed by atoms with Crippen molar-refractivity contribution in [1.29, 1.82) is 0 Å². The van der Waals surface area contributed by atoms with Gasteiger partial charge in [-0.15, -0.1) is 0 Å². The van der Waals surface area contributed by atoms with E-state index < -0.39 is 12.1 Å². The zero-order valence-electron chi connectivity index (χ0n) is 10.9. The lowest BCUT2D eigenvalue weighted by Crippen LogP contribution is -2.18. The van der Waals surface area contributed by atoms with E-state index in [9.17, 15) is 4.79 Å². The van der Waals surface area contributed by atoms with Crippen LogP contribution in [0.4, 0.5) is 0 Å². The predicted molar refractivity (Wildman–Crippen MR) is 75.7 cm³/mol. The fraction of sp³-hybridized carbons (Fsp3) is 0.125. The zero-order chi connectivity index (χ0) is 14.1. The number of rotatable bonds is 3. The lowest BCUT2D eigenvalue weighted by molar-refractivity contribution is -0.149. The Morgan fingerprint density at radius 2 is 1.45 bits per heavy atom. The summed E-state index contributed by atoms with van der Waals surface area (Å²) in [4.78, 5) is 15.9. The molecule has 0 saturated heterocycles. The number of hydrogen-bond donors (Lipinski definition) is 1. The molecule has 1 aliphatic rings. The first-order chi connectivity index (χ1) is 9.68. The molecule has 0 amide bonds. The molecule has 0 unspecified atom stereocenters. The van der Waals surface area contributed by atoms with Crippen LogP contribution in [0.2, 0.25) is 0 Å². The fourth-order valence-corrected chi connectivity index (χ4v) is 2.27. The average molecular weight is 267 g/mol. The predicted octanol–water partition coefficient (Wildman–Crippen LogP) is 2.91. The van der Waals surface area contributed by atoms with Gasteiger partial charge in [0.05, 0.1) is 0 Å². The third-order valence-electron chi connectivity index (χ3n) is 3.30. The standard InChI is InChI=1S/C16H13NO3/c1-10(16(18)19)20-17-15-13-8-4-2-6-11(13)12-7-3-5-9-14(12)15/h2-10H,1H3,(H,18,19)/t10-/m0/s1. The van der Waals surface area contributed by atoms with Crippen molar-refractivity contribution in [1.82, 2.24) is 0 Å². The first-order valence-corrected chi connectivity index (χ1v) is 6.34. The first-order valence-electron chi connectivity index (χ1n) is 6.34. The van der Waals surface area contributed by atoms with Crippen molar-refractivity contribution in [3.63, 3.8) is 0 Å². The number of benzene rings is 2. The highest BCUT2D eigenvalue weighted by Crippen LogP contribution is 2.36. The van der Waals surface area contributed by atoms with Crippen molar-refractivity contribution >= 4 is 11.7 Å². The Bertz CT molecular complexity index is 659. The second-order valence-electron chi connectivity index (χ2n) is 4.62. The molecule has 100 valence electrons. The normalized spacial score (nSPS) is 13.3. The SMILES string of the molecule is C[C@H](ON=C1c2ccccc2-c2ccccc21)C(=O)O. The number of hydrogen-bond acceptors (Lipinski definition) is 3. The number of nitrogens with zero attached hydrogens (tertiary/aromatic N) is 1. The van der Waals surface area contributed by atoms with Crippen molar-refractivity contribution in [3.05, 3.63) is 59.7 Å². The summed E-state index contributed by atoms with van der Waals surface area (Å²) in [6.07, 6.45) is -0.970. The van der Waals surface area contributed by atoms with Crippen molar-refractivity contribution in [3.8, 4) is 11.1 Å². The molecule has 0 fully saturated rings. The highest BCUT2D eigenvalue weighted by Gasteiger charge is 2.25. The molecule has 0 bridgehead atoms. The topological polar surface area (TPSA) is 58.9 Å². The summed E-state index contributed by atoms with van der Waals surface area (Å²) >= 11 is 0. The van der Waals surface area contributed by atoms with Gasteiger partial charge in [-0.05, 0) is 18.1 Å². The van der Waals surface area contributed by atoms with Crippen LogP contribution in [0.1, 0.15) is 18.1 Å². The molecule has 3 rings (SSSR count). The maximum atomic E-state index is 10.8. The Kier molecular flexibility index (Phi) is 2.99. The molecular formula is C16H13NO3. The van der Waals surface area contributed by atoms with Gasteiger partial charge in [-0.1, -0.05) is 53.7 Å². The van der Waals surface area contributed by atoms with Crippen LogP contribution in [0.15, 0.2) is 53.7 Å². The molecule has 2 aromatic rings. The molecule has 4 heteroatoms. The molecule has 0 aliphatic heterocycles. The smallest absolute Gasteiger partial charge is 0.347 e. The maximum Gasteiger partial charge on any atom is 0.347 e. The fourth-order valence-electron chi connectivity index (χ4n) is 2.27. The summed E-state index contributed by atoms with van der Waals surface area (Å²) in [7, 11) is 0. The van der Waals surface area contributed by atoms with Gasteiger partial charge in [0.1, 0.15) is 5.71 Å². The monoisotopic (exact) mass is 267 g/mol. The lowest BCUT2D eigenvalue weighted by atomic mass is 10.1. The highest BCUT2D eigenvalue weighted by molar-refractivity contribution is 6.24. The second-order valence-corrected chi connectivity index (χ2v) is 4.62. The van der Waals surface area contributed by atoms with Gasteiger partial charge in [-0.25, -0.2) is 4.79 Å². The number of aliphatic carboxylic acids is 1. The van der Waals surface area contributed by atoms with Crippen LogP contribution in [-0.4, -0.2) is 22.9 Å². The first kappa shape index (κ1) is 12.4. The van der Waals surface area contributed by atoms with E-state index in [2.05, 4.69) is 5.16 Å². The molecule has 1 N–H and O–H groups in total. The molecule has 0 spiro atoms. The number of carboxylic acid groups (broad SMARTS) is 1. The summed E-state index contributed by atoms with van der Waals surface area (Å²) in [6, 6.07) is 15.8. The molecule has 4 nitrogen and oxygen atoms in total. The summed E-state index contributed by atoms with van der Waals surface area (Å²) in [5, 5.41) is 12.9. The van der Waals surface area contributed by atoms with Gasteiger partial charge in [0.15, 0.2) is 0 Å². The van der Waals surface area contributed by atoms with E-state index in [-0.39, 0.29) is 0 Å². The minimum absolute atomic E-state index is 0.685. The summed E-state index contributed by atoms with van der Waals surface area (Å²) < 4.78 is 0. The van der Waals surface area contributed by atoms with E-state index in [1.54, 1.807) is 0 Å². The Hall–Kier alpha value is -2.62. The van der Waals surface area contributed by atoms with Crippen LogP contribution in [-0.2, 0) is 9.63 Å². The number of carboxylic acids is 1. The maximum absolute atomic E-state index is 10.8. The third kappa shape index (κ3) is 1.95. The third-order valence-corrected chi connectivity index (χ3v) is 3.30. The number of oxime groups is 1. The molecule has 1 atom stereocenters. The average Bonchev–Trinajstić information content (AvgIpc) is 2.79. The largest absolute Gasteiger partial charge is 0.478 e. The minimum atomic E-state index is -1.03. The number of fused-ring (bicyclic) bond motifs is 3. The van der Waals surface area contributed by atoms with Gasteiger partial charge < -0.3 is 9.94 Å². The molecule has 0 saturated carbocycles. The molecule has 1 aliphatic carbocycles. The molecular weight excluding hydrogens is 254 g/mol. The Morgan fingerprint density at radius 3 is 1.90 bits per heavy atom. The summed E-state index contributed by atoms with van der Waals surface area (Å²) in [6.45, 7) is 1.46. The van der Waals surface area contributed by atoms with Gasteiger partial charge in [-0.2, -0.15) is 0 Å². The van der Waals surface area contributed by atoms with Gasteiger partial charge in [0.2, 0.25) is 6.10 Å². The molecule has 0 radical (unpaired) electrons. The minimum Gasteiger partial charge on any atom is -0.478 e. The summed E-state index contributed by atoms with van der Waals surface area (Å²) in [5.74, 6) is -1.03. The van der Waals surface area contributed by atoms with Crippen LogP contribution in [0, 0.1) is 0 Å². The molecule has 0 heterocycles.